The zero-order valence-corrected chi connectivity index (χ0v) is 15.7. The standard InChI is InChI=1S/C19H18FN5O2S/c20-14-1-3-15(4-2-14)25-12-23-24-17(25)10-22-19(26)13-5-7-21-18(9-13)27-16-6-8-28-11-16/h1-5,7,9,12,16H,6,8,10-11H2,(H,22,26)/t16-/m0/s1. The SMILES string of the molecule is O=C(NCc1nncn1-c1ccc(F)cc1)c1ccnc(O[C@H]2CCSC2)c1. The van der Waals surface area contributed by atoms with E-state index in [1.165, 1.54) is 18.5 Å². The Morgan fingerprint density at radius 1 is 1.32 bits per heavy atom. The lowest BCUT2D eigenvalue weighted by Gasteiger charge is -2.12. The highest BCUT2D eigenvalue weighted by atomic mass is 32.2. The van der Waals surface area contributed by atoms with Crippen LogP contribution in [-0.2, 0) is 6.54 Å². The molecule has 1 aliphatic rings. The summed E-state index contributed by atoms with van der Waals surface area (Å²) in [5.41, 5.74) is 1.17. The number of halogens is 1. The molecular formula is C19H18FN5O2S. The van der Waals surface area contributed by atoms with E-state index < -0.39 is 0 Å². The summed E-state index contributed by atoms with van der Waals surface area (Å²) >= 11 is 1.85. The van der Waals surface area contributed by atoms with Gasteiger partial charge in [0.1, 0.15) is 18.2 Å². The van der Waals surface area contributed by atoms with Crippen LogP contribution < -0.4 is 10.1 Å². The van der Waals surface area contributed by atoms with Gasteiger partial charge >= 0.3 is 0 Å². The maximum Gasteiger partial charge on any atom is 0.251 e. The lowest BCUT2D eigenvalue weighted by molar-refractivity contribution is 0.0948. The molecule has 0 saturated carbocycles. The first kappa shape index (κ1) is 18.4. The zero-order valence-electron chi connectivity index (χ0n) is 14.9. The molecule has 1 aromatic carbocycles. The van der Waals surface area contributed by atoms with Crippen LogP contribution in [0.15, 0.2) is 48.9 Å². The van der Waals surface area contributed by atoms with Gasteiger partial charge in [-0.3, -0.25) is 9.36 Å². The van der Waals surface area contributed by atoms with Crippen LogP contribution >= 0.6 is 11.8 Å². The fraction of sp³-hybridized carbons (Fsp3) is 0.263. The number of benzene rings is 1. The van der Waals surface area contributed by atoms with E-state index in [-0.39, 0.29) is 24.4 Å². The second kappa shape index (κ2) is 8.39. The molecule has 1 atom stereocenters. The molecule has 28 heavy (non-hydrogen) atoms. The van der Waals surface area contributed by atoms with Gasteiger partial charge in [0.15, 0.2) is 5.82 Å². The van der Waals surface area contributed by atoms with Crippen LogP contribution in [0.4, 0.5) is 4.39 Å². The van der Waals surface area contributed by atoms with Crippen LogP contribution in [0.1, 0.15) is 22.6 Å². The third-order valence-electron chi connectivity index (χ3n) is 4.30. The van der Waals surface area contributed by atoms with Crippen molar-refractivity contribution >= 4 is 17.7 Å². The maximum atomic E-state index is 13.1. The minimum Gasteiger partial charge on any atom is -0.473 e. The Morgan fingerprint density at radius 2 is 2.18 bits per heavy atom. The summed E-state index contributed by atoms with van der Waals surface area (Å²) < 4.78 is 20.6. The predicted octanol–water partition coefficient (Wildman–Crippen LogP) is 2.62. The van der Waals surface area contributed by atoms with Crippen LogP contribution in [0.25, 0.3) is 5.69 Å². The van der Waals surface area contributed by atoms with Gasteiger partial charge in [-0.2, -0.15) is 11.8 Å². The van der Waals surface area contributed by atoms with Crippen molar-refractivity contribution in [3.05, 3.63) is 66.1 Å². The van der Waals surface area contributed by atoms with Crippen LogP contribution in [0, 0.1) is 5.82 Å². The summed E-state index contributed by atoms with van der Waals surface area (Å²) in [5, 5.41) is 10.7. The molecule has 1 fully saturated rings. The number of nitrogens with zero attached hydrogens (tertiary/aromatic N) is 4. The number of pyridine rings is 1. The van der Waals surface area contributed by atoms with E-state index in [1.54, 1.807) is 35.0 Å². The number of hydrogen-bond donors (Lipinski definition) is 1. The molecule has 144 valence electrons. The maximum absolute atomic E-state index is 13.1. The Balaban J connectivity index is 1.41. The Morgan fingerprint density at radius 3 is 2.96 bits per heavy atom. The Kier molecular flexibility index (Phi) is 5.52. The summed E-state index contributed by atoms with van der Waals surface area (Å²) in [6, 6.07) is 9.24. The number of rotatable bonds is 6. The first-order valence-electron chi connectivity index (χ1n) is 8.82. The van der Waals surface area contributed by atoms with Gasteiger partial charge in [0.05, 0.1) is 6.54 Å². The third kappa shape index (κ3) is 4.30. The van der Waals surface area contributed by atoms with E-state index >= 15 is 0 Å². The summed E-state index contributed by atoms with van der Waals surface area (Å²) in [4.78, 5) is 16.7. The summed E-state index contributed by atoms with van der Waals surface area (Å²) in [7, 11) is 0. The van der Waals surface area contributed by atoms with Crippen molar-refractivity contribution in [2.24, 2.45) is 0 Å². The predicted molar refractivity (Wildman–Crippen MR) is 103 cm³/mol. The molecule has 3 aromatic rings. The fourth-order valence-corrected chi connectivity index (χ4v) is 3.94. The smallest absolute Gasteiger partial charge is 0.251 e. The van der Waals surface area contributed by atoms with Crippen molar-refractivity contribution < 1.29 is 13.9 Å². The largest absolute Gasteiger partial charge is 0.473 e. The lowest BCUT2D eigenvalue weighted by atomic mass is 10.2. The van der Waals surface area contributed by atoms with E-state index in [0.717, 1.165) is 17.9 Å². The molecule has 0 radical (unpaired) electrons. The Labute approximate surface area is 165 Å². The number of amides is 1. The van der Waals surface area contributed by atoms with Gasteiger partial charge in [-0.15, -0.1) is 10.2 Å². The van der Waals surface area contributed by atoms with Gasteiger partial charge in [0.2, 0.25) is 5.88 Å². The molecule has 1 aliphatic heterocycles. The number of hydrogen-bond acceptors (Lipinski definition) is 6. The van der Waals surface area contributed by atoms with Crippen molar-refractivity contribution in [1.29, 1.82) is 0 Å². The molecule has 0 unspecified atom stereocenters. The van der Waals surface area contributed by atoms with Gasteiger partial charge in [-0.25, -0.2) is 9.37 Å². The van der Waals surface area contributed by atoms with E-state index in [1.807, 2.05) is 11.8 Å². The highest BCUT2D eigenvalue weighted by molar-refractivity contribution is 7.99. The molecular weight excluding hydrogens is 381 g/mol. The van der Waals surface area contributed by atoms with E-state index in [2.05, 4.69) is 20.5 Å². The van der Waals surface area contributed by atoms with E-state index in [4.69, 9.17) is 4.74 Å². The number of carbonyl (C=O) groups excluding carboxylic acids is 1. The number of aromatic nitrogens is 4. The highest BCUT2D eigenvalue weighted by Gasteiger charge is 2.18. The first-order valence-corrected chi connectivity index (χ1v) is 9.98. The van der Waals surface area contributed by atoms with Gasteiger partial charge in [-0.1, -0.05) is 0 Å². The topological polar surface area (TPSA) is 81.9 Å². The Hall–Kier alpha value is -2.94. The molecule has 0 bridgehead atoms. The molecule has 0 spiro atoms. The minimum atomic E-state index is -0.321. The van der Waals surface area contributed by atoms with Crippen molar-refractivity contribution in [1.82, 2.24) is 25.1 Å². The third-order valence-corrected chi connectivity index (χ3v) is 5.43. The number of ether oxygens (including phenoxy) is 1. The van der Waals surface area contributed by atoms with Crippen LogP contribution in [0.3, 0.4) is 0 Å². The fourth-order valence-electron chi connectivity index (χ4n) is 2.85. The molecule has 9 heteroatoms. The van der Waals surface area contributed by atoms with Crippen LogP contribution in [-0.4, -0.2) is 43.3 Å². The number of thioether (sulfide) groups is 1. The normalized spacial score (nSPS) is 16.1. The van der Waals surface area contributed by atoms with Gasteiger partial charge in [0.25, 0.3) is 5.91 Å². The quantitative estimate of drug-likeness (QED) is 0.686. The van der Waals surface area contributed by atoms with Crippen molar-refractivity contribution in [2.75, 3.05) is 11.5 Å². The van der Waals surface area contributed by atoms with Crippen molar-refractivity contribution in [2.45, 2.75) is 19.1 Å². The zero-order chi connectivity index (χ0) is 19.3. The lowest BCUT2D eigenvalue weighted by Crippen LogP contribution is -2.25. The molecule has 1 N–H and O–H groups in total. The van der Waals surface area contributed by atoms with E-state index in [9.17, 15) is 9.18 Å². The summed E-state index contributed by atoms with van der Waals surface area (Å²) in [5.74, 6) is 2.43. The number of carbonyl (C=O) groups is 1. The Bertz CT molecular complexity index is 957. The monoisotopic (exact) mass is 399 g/mol. The minimum absolute atomic E-state index is 0.144. The summed E-state index contributed by atoms with van der Waals surface area (Å²) in [6.07, 6.45) is 4.21. The van der Waals surface area contributed by atoms with Gasteiger partial charge < -0.3 is 10.1 Å². The van der Waals surface area contributed by atoms with Crippen molar-refractivity contribution in [3.63, 3.8) is 0 Å². The first-order chi connectivity index (χ1) is 13.7. The molecule has 1 amide bonds. The highest BCUT2D eigenvalue weighted by Crippen LogP contribution is 2.22. The van der Waals surface area contributed by atoms with Gasteiger partial charge in [-0.05, 0) is 42.5 Å². The molecule has 3 heterocycles. The molecule has 1 saturated heterocycles. The van der Waals surface area contributed by atoms with E-state index in [0.29, 0.717) is 23.0 Å². The van der Waals surface area contributed by atoms with Gasteiger partial charge in [0, 0.05) is 29.3 Å². The second-order valence-electron chi connectivity index (χ2n) is 6.26. The molecule has 4 rings (SSSR count). The molecule has 0 aliphatic carbocycles. The average Bonchev–Trinajstić information content (AvgIpc) is 3.39. The molecule has 7 nitrogen and oxygen atoms in total. The average molecular weight is 399 g/mol. The van der Waals surface area contributed by atoms with Crippen LogP contribution in [0.5, 0.6) is 5.88 Å². The summed E-state index contributed by atoms with van der Waals surface area (Å²) in [6.45, 7) is 0.175. The van der Waals surface area contributed by atoms with Crippen LogP contribution in [0.2, 0.25) is 0 Å². The second-order valence-corrected chi connectivity index (χ2v) is 7.41. The number of nitrogens with one attached hydrogen (secondary N) is 1. The van der Waals surface area contributed by atoms with Crippen molar-refractivity contribution in [3.8, 4) is 11.6 Å². The molecule has 2 aromatic heterocycles.